The Hall–Kier alpha value is -1.55. The second-order valence-electron chi connectivity index (χ2n) is 5.10. The third-order valence-corrected chi connectivity index (χ3v) is 3.32. The maximum absolute atomic E-state index is 5.89. The summed E-state index contributed by atoms with van der Waals surface area (Å²) in [5.74, 6) is 0. The highest BCUT2D eigenvalue weighted by atomic mass is 35.5. The molecule has 2 aromatic rings. The van der Waals surface area contributed by atoms with Crippen molar-refractivity contribution in [1.29, 1.82) is 0 Å². The second-order valence-corrected chi connectivity index (χ2v) is 5.53. The van der Waals surface area contributed by atoms with Crippen molar-refractivity contribution >= 4 is 35.4 Å². The van der Waals surface area contributed by atoms with Gasteiger partial charge in [0.1, 0.15) is 0 Å². The minimum atomic E-state index is 0. The van der Waals surface area contributed by atoms with Crippen LogP contribution < -0.4 is 5.43 Å². The van der Waals surface area contributed by atoms with E-state index in [-0.39, 0.29) is 12.4 Å². The Morgan fingerprint density at radius 3 is 2.27 bits per heavy atom. The van der Waals surface area contributed by atoms with E-state index >= 15 is 0 Å². The smallest absolute Gasteiger partial charge is 0.0692 e. The molecule has 0 fully saturated rings. The van der Waals surface area contributed by atoms with E-state index in [0.717, 1.165) is 35.0 Å². The predicted molar refractivity (Wildman–Crippen MR) is 98.5 cm³/mol. The van der Waals surface area contributed by atoms with Gasteiger partial charge in [0.05, 0.1) is 11.4 Å². The summed E-state index contributed by atoms with van der Waals surface area (Å²) >= 11 is 5.89. The van der Waals surface area contributed by atoms with E-state index in [9.17, 15) is 0 Å². The SMILES string of the molecule is CN(C)CC/C(=N\Nc1ccc(Cl)cc1)c1ccccc1.Cl. The summed E-state index contributed by atoms with van der Waals surface area (Å²) in [7, 11) is 4.13. The van der Waals surface area contributed by atoms with Gasteiger partial charge >= 0.3 is 0 Å². The molecule has 0 amide bonds. The van der Waals surface area contributed by atoms with Gasteiger partial charge in [0.15, 0.2) is 0 Å². The molecule has 0 atom stereocenters. The first kappa shape index (κ1) is 18.5. The topological polar surface area (TPSA) is 27.6 Å². The summed E-state index contributed by atoms with van der Waals surface area (Å²) in [5, 5.41) is 5.29. The lowest BCUT2D eigenvalue weighted by atomic mass is 10.1. The Bertz CT molecular complexity index is 581. The molecule has 0 saturated carbocycles. The molecule has 1 N–H and O–H groups in total. The fourth-order valence-corrected chi connectivity index (χ4v) is 2.01. The number of benzene rings is 2. The summed E-state index contributed by atoms with van der Waals surface area (Å²) in [6.45, 7) is 0.954. The number of hydrazone groups is 1. The Labute approximate surface area is 143 Å². The van der Waals surface area contributed by atoms with Crippen molar-refractivity contribution in [1.82, 2.24) is 4.90 Å². The van der Waals surface area contributed by atoms with Crippen molar-refractivity contribution in [3.05, 3.63) is 65.2 Å². The maximum atomic E-state index is 5.89. The normalized spacial score (nSPS) is 11.2. The van der Waals surface area contributed by atoms with Crippen LogP contribution in [0.15, 0.2) is 59.7 Å². The first-order valence-corrected chi connectivity index (χ1v) is 7.31. The van der Waals surface area contributed by atoms with E-state index in [1.54, 1.807) is 0 Å². The van der Waals surface area contributed by atoms with Crippen molar-refractivity contribution in [2.45, 2.75) is 6.42 Å². The third-order valence-electron chi connectivity index (χ3n) is 3.07. The zero-order valence-electron chi connectivity index (χ0n) is 12.8. The molecule has 0 aliphatic rings. The molecule has 0 aliphatic carbocycles. The van der Waals surface area contributed by atoms with Crippen LogP contribution in [0.25, 0.3) is 0 Å². The molecule has 5 heteroatoms. The standard InChI is InChI=1S/C17H20ClN3.ClH/c1-21(2)13-12-17(14-6-4-3-5-7-14)20-19-16-10-8-15(18)9-11-16;/h3-11,19H,12-13H2,1-2H3;1H/b20-17+;. The molecule has 0 bridgehead atoms. The molecule has 0 radical (unpaired) electrons. The number of halogens is 2. The van der Waals surface area contributed by atoms with Crippen molar-refractivity contribution in [3.63, 3.8) is 0 Å². The monoisotopic (exact) mass is 337 g/mol. The minimum absolute atomic E-state index is 0. The van der Waals surface area contributed by atoms with Crippen LogP contribution in [0, 0.1) is 0 Å². The molecule has 2 aromatic carbocycles. The average Bonchev–Trinajstić information content (AvgIpc) is 2.50. The number of hydrogen-bond acceptors (Lipinski definition) is 3. The number of nitrogens with one attached hydrogen (secondary N) is 1. The lowest BCUT2D eigenvalue weighted by Crippen LogP contribution is -2.18. The summed E-state index contributed by atoms with van der Waals surface area (Å²) in [6.07, 6.45) is 0.887. The van der Waals surface area contributed by atoms with Crippen LogP contribution >= 0.6 is 24.0 Å². The predicted octanol–water partition coefficient (Wildman–Crippen LogP) is 4.53. The van der Waals surface area contributed by atoms with E-state index in [0.29, 0.717) is 0 Å². The van der Waals surface area contributed by atoms with Crippen molar-refractivity contribution in [2.75, 3.05) is 26.1 Å². The summed E-state index contributed by atoms with van der Waals surface area (Å²) in [4.78, 5) is 2.15. The van der Waals surface area contributed by atoms with Crippen LogP contribution in [0.2, 0.25) is 5.02 Å². The van der Waals surface area contributed by atoms with E-state index in [4.69, 9.17) is 11.6 Å². The molecule has 0 spiro atoms. The van der Waals surface area contributed by atoms with Gasteiger partial charge in [-0.3, -0.25) is 5.43 Å². The van der Waals surface area contributed by atoms with Gasteiger partial charge in [-0.25, -0.2) is 0 Å². The van der Waals surface area contributed by atoms with E-state index in [1.807, 2.05) is 42.5 Å². The molecule has 0 saturated heterocycles. The van der Waals surface area contributed by atoms with Crippen LogP contribution in [-0.2, 0) is 0 Å². The van der Waals surface area contributed by atoms with Crippen LogP contribution in [0.1, 0.15) is 12.0 Å². The molecular formula is C17H21Cl2N3. The van der Waals surface area contributed by atoms with Crippen molar-refractivity contribution < 1.29 is 0 Å². The van der Waals surface area contributed by atoms with Crippen molar-refractivity contribution in [3.8, 4) is 0 Å². The minimum Gasteiger partial charge on any atom is -0.309 e. The van der Waals surface area contributed by atoms with E-state index < -0.39 is 0 Å². The molecule has 0 unspecified atom stereocenters. The highest BCUT2D eigenvalue weighted by Gasteiger charge is 2.04. The number of anilines is 1. The van der Waals surface area contributed by atoms with Crippen LogP contribution in [0.5, 0.6) is 0 Å². The van der Waals surface area contributed by atoms with Gasteiger partial charge in [-0.15, -0.1) is 12.4 Å². The highest BCUT2D eigenvalue weighted by Crippen LogP contribution is 2.14. The quantitative estimate of drug-likeness (QED) is 0.619. The molecule has 0 heterocycles. The molecule has 0 aromatic heterocycles. The molecule has 22 heavy (non-hydrogen) atoms. The Balaban J connectivity index is 0.00000242. The first-order chi connectivity index (χ1) is 10.1. The zero-order valence-corrected chi connectivity index (χ0v) is 14.4. The van der Waals surface area contributed by atoms with E-state index in [2.05, 4.69) is 41.7 Å². The van der Waals surface area contributed by atoms with Crippen LogP contribution in [0.3, 0.4) is 0 Å². The van der Waals surface area contributed by atoms with Gasteiger partial charge in [-0.05, 0) is 43.9 Å². The molecule has 118 valence electrons. The summed E-state index contributed by atoms with van der Waals surface area (Å²) < 4.78 is 0. The number of rotatable bonds is 6. The largest absolute Gasteiger partial charge is 0.309 e. The fourth-order valence-electron chi connectivity index (χ4n) is 1.88. The molecule has 0 aliphatic heterocycles. The molecule has 2 rings (SSSR count). The van der Waals surface area contributed by atoms with Gasteiger partial charge in [-0.1, -0.05) is 41.9 Å². The maximum Gasteiger partial charge on any atom is 0.0692 e. The molecule has 3 nitrogen and oxygen atoms in total. The Morgan fingerprint density at radius 2 is 1.68 bits per heavy atom. The number of hydrogen-bond donors (Lipinski definition) is 1. The van der Waals surface area contributed by atoms with Crippen LogP contribution in [0.4, 0.5) is 5.69 Å². The van der Waals surface area contributed by atoms with Gasteiger partial charge in [0, 0.05) is 18.0 Å². The van der Waals surface area contributed by atoms with Crippen molar-refractivity contribution in [2.24, 2.45) is 5.10 Å². The van der Waals surface area contributed by atoms with E-state index in [1.165, 1.54) is 0 Å². The lowest BCUT2D eigenvalue weighted by molar-refractivity contribution is 0.422. The lowest BCUT2D eigenvalue weighted by Gasteiger charge is -2.12. The average molecular weight is 338 g/mol. The molecular weight excluding hydrogens is 317 g/mol. The van der Waals surface area contributed by atoms with Gasteiger partial charge in [0.2, 0.25) is 0 Å². The summed E-state index contributed by atoms with van der Waals surface area (Å²) in [5.41, 5.74) is 6.21. The Kier molecular flexibility index (Phi) is 7.96. The zero-order chi connectivity index (χ0) is 15.1. The van der Waals surface area contributed by atoms with Crippen LogP contribution in [-0.4, -0.2) is 31.3 Å². The van der Waals surface area contributed by atoms with Gasteiger partial charge < -0.3 is 4.90 Å². The first-order valence-electron chi connectivity index (χ1n) is 6.93. The second kappa shape index (κ2) is 9.46. The number of nitrogens with zero attached hydrogens (tertiary/aromatic N) is 2. The van der Waals surface area contributed by atoms with Gasteiger partial charge in [-0.2, -0.15) is 5.10 Å². The third kappa shape index (κ3) is 6.06. The fraction of sp³-hybridized carbons (Fsp3) is 0.235. The highest BCUT2D eigenvalue weighted by molar-refractivity contribution is 6.30. The summed E-state index contributed by atoms with van der Waals surface area (Å²) in [6, 6.07) is 17.8. The Morgan fingerprint density at radius 1 is 1.05 bits per heavy atom. The van der Waals surface area contributed by atoms with Gasteiger partial charge in [0.25, 0.3) is 0 Å².